The molecule has 6 nitrogen and oxygen atoms in total. The van der Waals surface area contributed by atoms with Gasteiger partial charge in [0.15, 0.2) is 0 Å². The van der Waals surface area contributed by atoms with Gasteiger partial charge in [-0.05, 0) is 26.2 Å². The number of carbonyl (C=O) groups is 3. The number of ketones is 1. The lowest BCUT2D eigenvalue weighted by molar-refractivity contribution is -0.125. The maximum absolute atomic E-state index is 11.8. The first kappa shape index (κ1) is 17.5. The molecule has 1 saturated heterocycles. The fourth-order valence-electron chi connectivity index (χ4n) is 2.19. The van der Waals surface area contributed by atoms with Crippen LogP contribution in [0, 0.1) is 0 Å². The molecule has 1 rings (SSSR count). The van der Waals surface area contributed by atoms with Gasteiger partial charge >= 0.3 is 6.09 Å². The van der Waals surface area contributed by atoms with Gasteiger partial charge in [-0.3, -0.25) is 4.79 Å². The molecule has 1 heterocycles. The zero-order valence-electron chi connectivity index (χ0n) is 13.0. The molecule has 0 aromatic rings. The minimum Gasteiger partial charge on any atom is -0.449 e. The van der Waals surface area contributed by atoms with E-state index in [-0.39, 0.29) is 36.7 Å². The number of rotatable bonds is 7. The second-order valence-electron chi connectivity index (χ2n) is 5.50. The molecule has 21 heavy (non-hydrogen) atoms. The van der Waals surface area contributed by atoms with Crippen molar-refractivity contribution in [3.63, 3.8) is 0 Å². The highest BCUT2D eigenvalue weighted by atomic mass is 16.6. The summed E-state index contributed by atoms with van der Waals surface area (Å²) >= 11 is 0. The molecule has 0 unspecified atom stereocenters. The summed E-state index contributed by atoms with van der Waals surface area (Å²) in [6.07, 6.45) is 3.62. The molecule has 0 bridgehead atoms. The Bertz CT molecular complexity index is 363. The minimum absolute atomic E-state index is 0.0230. The molecule has 6 heteroatoms. The molecule has 0 radical (unpaired) electrons. The molecule has 1 fully saturated rings. The lowest BCUT2D eigenvalue weighted by atomic mass is 10.1. The Balaban J connectivity index is 2.21. The van der Waals surface area contributed by atoms with Crippen LogP contribution >= 0.6 is 0 Å². The van der Waals surface area contributed by atoms with Crippen LogP contribution in [0.4, 0.5) is 4.79 Å². The molecule has 0 aromatic carbocycles. The summed E-state index contributed by atoms with van der Waals surface area (Å²) in [5, 5.41) is 2.92. The van der Waals surface area contributed by atoms with E-state index in [1.54, 1.807) is 4.90 Å². The number of piperidine rings is 1. The van der Waals surface area contributed by atoms with Crippen molar-refractivity contribution in [2.75, 3.05) is 19.7 Å². The number of hydrogen-bond donors (Lipinski definition) is 1. The second kappa shape index (κ2) is 9.37. The summed E-state index contributed by atoms with van der Waals surface area (Å²) in [5.41, 5.74) is 0. The van der Waals surface area contributed by atoms with Gasteiger partial charge in [0.2, 0.25) is 5.91 Å². The van der Waals surface area contributed by atoms with E-state index < -0.39 is 0 Å². The Labute approximate surface area is 126 Å². The van der Waals surface area contributed by atoms with E-state index in [4.69, 9.17) is 4.74 Å². The van der Waals surface area contributed by atoms with Crippen LogP contribution in [0.1, 0.15) is 52.4 Å². The smallest absolute Gasteiger partial charge is 0.409 e. The second-order valence-corrected chi connectivity index (χ2v) is 5.50. The predicted octanol–water partition coefficient (Wildman–Crippen LogP) is 1.87. The normalized spacial score (nSPS) is 15.6. The van der Waals surface area contributed by atoms with E-state index in [0.29, 0.717) is 19.7 Å². The monoisotopic (exact) mass is 298 g/mol. The molecule has 1 aliphatic heterocycles. The average molecular weight is 298 g/mol. The lowest BCUT2D eigenvalue weighted by Gasteiger charge is -2.31. The molecule has 0 saturated carbocycles. The van der Waals surface area contributed by atoms with E-state index in [1.165, 1.54) is 6.92 Å². The number of unbranched alkanes of at least 4 members (excludes halogenated alkanes) is 1. The van der Waals surface area contributed by atoms with Crippen LogP contribution in [0.15, 0.2) is 0 Å². The Morgan fingerprint density at radius 1 is 1.19 bits per heavy atom. The van der Waals surface area contributed by atoms with Gasteiger partial charge in [-0.2, -0.15) is 0 Å². The highest BCUT2D eigenvalue weighted by Gasteiger charge is 2.24. The van der Waals surface area contributed by atoms with Crippen molar-refractivity contribution in [1.29, 1.82) is 0 Å². The van der Waals surface area contributed by atoms with Gasteiger partial charge in [0.25, 0.3) is 0 Å². The van der Waals surface area contributed by atoms with Gasteiger partial charge in [-0.15, -0.1) is 0 Å². The largest absolute Gasteiger partial charge is 0.449 e. The van der Waals surface area contributed by atoms with Gasteiger partial charge in [0.1, 0.15) is 5.78 Å². The SMILES string of the molecule is CCCCOC(=O)N1CCC(NC(=O)CCC(C)=O)CC1. The number of ether oxygens (including phenoxy) is 1. The third kappa shape index (κ3) is 7.11. The Kier molecular flexibility index (Phi) is 7.79. The first-order valence-corrected chi connectivity index (χ1v) is 7.73. The summed E-state index contributed by atoms with van der Waals surface area (Å²) in [6.45, 7) is 5.20. The standard InChI is InChI=1S/C15H26N2O4/c1-3-4-11-21-15(20)17-9-7-13(8-10-17)16-14(19)6-5-12(2)18/h13H,3-11H2,1-2H3,(H,16,19). The topological polar surface area (TPSA) is 75.7 Å². The third-order valence-electron chi connectivity index (χ3n) is 3.55. The van der Waals surface area contributed by atoms with Gasteiger partial charge < -0.3 is 19.7 Å². The zero-order chi connectivity index (χ0) is 15.7. The first-order valence-electron chi connectivity index (χ1n) is 7.73. The van der Waals surface area contributed by atoms with E-state index >= 15 is 0 Å². The Morgan fingerprint density at radius 2 is 1.86 bits per heavy atom. The quantitative estimate of drug-likeness (QED) is 0.728. The number of Topliss-reactive ketones (excluding diaryl/α,β-unsaturated/α-hetero) is 1. The predicted molar refractivity (Wildman–Crippen MR) is 78.9 cm³/mol. The van der Waals surface area contributed by atoms with Crippen molar-refractivity contribution in [2.24, 2.45) is 0 Å². The number of carbonyl (C=O) groups excluding carboxylic acids is 3. The van der Waals surface area contributed by atoms with Crippen LogP contribution in [-0.4, -0.2) is 48.4 Å². The lowest BCUT2D eigenvalue weighted by Crippen LogP contribution is -2.46. The van der Waals surface area contributed by atoms with E-state index in [0.717, 1.165) is 25.7 Å². The molecule has 0 spiro atoms. The van der Waals surface area contributed by atoms with Gasteiger partial charge in [0.05, 0.1) is 6.61 Å². The van der Waals surface area contributed by atoms with Crippen LogP contribution in [0.2, 0.25) is 0 Å². The maximum Gasteiger partial charge on any atom is 0.409 e. The van der Waals surface area contributed by atoms with Crippen molar-refractivity contribution >= 4 is 17.8 Å². The van der Waals surface area contributed by atoms with Gasteiger partial charge in [-0.25, -0.2) is 4.79 Å². The van der Waals surface area contributed by atoms with Crippen molar-refractivity contribution in [1.82, 2.24) is 10.2 Å². The Hall–Kier alpha value is -1.59. The van der Waals surface area contributed by atoms with Crippen LogP contribution in [0.25, 0.3) is 0 Å². The van der Waals surface area contributed by atoms with Crippen LogP contribution < -0.4 is 5.32 Å². The average Bonchev–Trinajstić information content (AvgIpc) is 2.46. The van der Waals surface area contributed by atoms with E-state index in [9.17, 15) is 14.4 Å². The number of likely N-dealkylation sites (tertiary alicyclic amines) is 1. The van der Waals surface area contributed by atoms with Gasteiger partial charge in [-0.1, -0.05) is 13.3 Å². The van der Waals surface area contributed by atoms with Crippen molar-refractivity contribution in [3.05, 3.63) is 0 Å². The summed E-state index contributed by atoms with van der Waals surface area (Å²) in [5.74, 6) is -0.0658. The van der Waals surface area contributed by atoms with E-state index in [1.807, 2.05) is 6.92 Å². The number of hydrogen-bond acceptors (Lipinski definition) is 4. The summed E-state index contributed by atoms with van der Waals surface area (Å²) < 4.78 is 5.17. The first-order chi connectivity index (χ1) is 10.0. The van der Waals surface area contributed by atoms with Crippen molar-refractivity contribution in [2.45, 2.75) is 58.4 Å². The maximum atomic E-state index is 11.8. The summed E-state index contributed by atoms with van der Waals surface area (Å²) in [6, 6.07) is 0.0872. The molecular weight excluding hydrogens is 272 g/mol. The van der Waals surface area contributed by atoms with E-state index in [2.05, 4.69) is 5.32 Å². The van der Waals surface area contributed by atoms with Crippen molar-refractivity contribution < 1.29 is 19.1 Å². The zero-order valence-corrected chi connectivity index (χ0v) is 13.0. The number of amides is 2. The summed E-state index contributed by atoms with van der Waals surface area (Å²) in [4.78, 5) is 35.9. The fourth-order valence-corrected chi connectivity index (χ4v) is 2.19. The molecule has 0 aliphatic carbocycles. The summed E-state index contributed by atoms with van der Waals surface area (Å²) in [7, 11) is 0. The van der Waals surface area contributed by atoms with Crippen molar-refractivity contribution in [3.8, 4) is 0 Å². The molecule has 1 aliphatic rings. The van der Waals surface area contributed by atoms with Crippen LogP contribution in [0.5, 0.6) is 0 Å². The van der Waals surface area contributed by atoms with Crippen LogP contribution in [0.3, 0.4) is 0 Å². The fraction of sp³-hybridized carbons (Fsp3) is 0.800. The molecule has 1 N–H and O–H groups in total. The third-order valence-corrected chi connectivity index (χ3v) is 3.55. The molecule has 0 aromatic heterocycles. The molecular formula is C15H26N2O4. The number of nitrogens with zero attached hydrogens (tertiary/aromatic N) is 1. The molecule has 120 valence electrons. The van der Waals surface area contributed by atoms with Crippen LogP contribution in [-0.2, 0) is 14.3 Å². The Morgan fingerprint density at radius 3 is 2.43 bits per heavy atom. The highest BCUT2D eigenvalue weighted by molar-refractivity contribution is 5.83. The molecule has 2 amide bonds. The minimum atomic E-state index is -0.259. The molecule has 0 atom stereocenters. The number of nitrogens with one attached hydrogen (secondary N) is 1. The highest BCUT2D eigenvalue weighted by Crippen LogP contribution is 2.12. The van der Waals surface area contributed by atoms with Gasteiger partial charge in [0, 0.05) is 32.0 Å².